The van der Waals surface area contributed by atoms with Crippen molar-refractivity contribution in [3.05, 3.63) is 47.0 Å². The molecular formula is C24H29N3O4. The van der Waals surface area contributed by atoms with Crippen LogP contribution in [0.5, 0.6) is 0 Å². The number of fused-ring (bicyclic) bond motifs is 1. The highest BCUT2D eigenvalue weighted by atomic mass is 16.5. The minimum Gasteiger partial charge on any atom is -0.360 e. The van der Waals surface area contributed by atoms with Gasteiger partial charge in [0.1, 0.15) is 5.60 Å². The number of amides is 3. The molecule has 4 atom stereocenters. The van der Waals surface area contributed by atoms with Crippen molar-refractivity contribution < 1.29 is 19.1 Å². The number of benzene rings is 1. The molecule has 3 amide bonds. The van der Waals surface area contributed by atoms with E-state index in [1.807, 2.05) is 24.0 Å². The van der Waals surface area contributed by atoms with Gasteiger partial charge in [-0.25, -0.2) is 0 Å². The molecule has 3 fully saturated rings. The zero-order valence-electron chi connectivity index (χ0n) is 18.3. The summed E-state index contributed by atoms with van der Waals surface area (Å²) in [4.78, 5) is 44.4. The van der Waals surface area contributed by atoms with Crippen molar-refractivity contribution in [2.45, 2.75) is 39.0 Å². The number of ether oxygens (including phenoxy) is 1. The molecule has 0 radical (unpaired) electrons. The van der Waals surface area contributed by atoms with Crippen LogP contribution in [0, 0.1) is 25.7 Å². The van der Waals surface area contributed by atoms with E-state index in [4.69, 9.17) is 4.74 Å². The Morgan fingerprint density at radius 3 is 2.68 bits per heavy atom. The maximum atomic E-state index is 13.5. The van der Waals surface area contributed by atoms with Crippen molar-refractivity contribution >= 4 is 17.7 Å². The molecule has 0 aromatic heterocycles. The fourth-order valence-electron chi connectivity index (χ4n) is 5.56. The number of hydrogen-bond acceptors (Lipinski definition) is 4. The largest absolute Gasteiger partial charge is 0.360 e. The number of aryl methyl sites for hydroxylation is 2. The van der Waals surface area contributed by atoms with Crippen molar-refractivity contribution in [3.8, 4) is 0 Å². The summed E-state index contributed by atoms with van der Waals surface area (Å²) in [5, 5.41) is 0. The molecule has 4 aliphatic rings. The van der Waals surface area contributed by atoms with Gasteiger partial charge in [-0.3, -0.25) is 14.4 Å². The topological polar surface area (TPSA) is 70.2 Å². The number of carbonyl (C=O) groups excluding carboxylic acids is 3. The van der Waals surface area contributed by atoms with Crippen molar-refractivity contribution in [3.63, 3.8) is 0 Å². The normalized spacial score (nSPS) is 31.7. The quantitative estimate of drug-likeness (QED) is 0.684. The van der Waals surface area contributed by atoms with Crippen LogP contribution in [0.1, 0.15) is 23.6 Å². The van der Waals surface area contributed by atoms with Crippen LogP contribution in [-0.2, 0) is 25.7 Å². The van der Waals surface area contributed by atoms with Crippen LogP contribution in [0.2, 0.25) is 0 Å². The molecule has 0 aliphatic carbocycles. The molecule has 5 rings (SSSR count). The molecule has 0 unspecified atom stereocenters. The zero-order chi connectivity index (χ0) is 21.9. The van der Waals surface area contributed by atoms with Gasteiger partial charge >= 0.3 is 0 Å². The van der Waals surface area contributed by atoms with Gasteiger partial charge in [-0.15, -0.1) is 0 Å². The fraction of sp³-hybridized carbons (Fsp3) is 0.542. The number of likely N-dealkylation sites (N-methyl/N-ethyl adjacent to an activating group) is 1. The van der Waals surface area contributed by atoms with E-state index < -0.39 is 17.4 Å². The average Bonchev–Trinajstić information content (AvgIpc) is 3.38. The minimum atomic E-state index is -0.725. The van der Waals surface area contributed by atoms with Crippen molar-refractivity contribution in [1.82, 2.24) is 14.7 Å². The highest BCUT2D eigenvalue weighted by molar-refractivity contribution is 5.94. The van der Waals surface area contributed by atoms with Crippen LogP contribution in [0.4, 0.5) is 0 Å². The summed E-state index contributed by atoms with van der Waals surface area (Å²) in [7, 11) is 0. The van der Waals surface area contributed by atoms with Gasteiger partial charge in [0.2, 0.25) is 17.7 Å². The van der Waals surface area contributed by atoms with Gasteiger partial charge in [-0.05, 0) is 37.5 Å². The molecule has 0 N–H and O–H groups in total. The Morgan fingerprint density at radius 2 is 1.97 bits per heavy atom. The Hall–Kier alpha value is -2.67. The highest BCUT2D eigenvalue weighted by Crippen LogP contribution is 2.52. The predicted octanol–water partition coefficient (Wildman–Crippen LogP) is 1.28. The zero-order valence-corrected chi connectivity index (χ0v) is 18.3. The summed E-state index contributed by atoms with van der Waals surface area (Å²) in [5.41, 5.74) is 2.77. The molecule has 1 spiro atoms. The summed E-state index contributed by atoms with van der Waals surface area (Å²) in [6, 6.07) is 6.24. The SMILES string of the molecule is CCN1CCN(C(=O)[C@@H]2[C@@H]3C=C[C@@]4(CN(Cc5ccc(C)c(C)c5)C(=O)[C@@H]24)O3)CC1=O. The van der Waals surface area contributed by atoms with Crippen molar-refractivity contribution in [1.29, 1.82) is 0 Å². The average molecular weight is 424 g/mol. The molecule has 1 aromatic rings. The maximum absolute atomic E-state index is 13.5. The summed E-state index contributed by atoms with van der Waals surface area (Å²) in [5.74, 6) is -1.26. The van der Waals surface area contributed by atoms with Crippen molar-refractivity contribution in [2.75, 3.05) is 32.7 Å². The summed E-state index contributed by atoms with van der Waals surface area (Å²) in [6.45, 7) is 8.83. The highest BCUT2D eigenvalue weighted by Gasteiger charge is 2.67. The lowest BCUT2D eigenvalue weighted by Crippen LogP contribution is -2.55. The Labute approximate surface area is 182 Å². The van der Waals surface area contributed by atoms with E-state index >= 15 is 0 Å². The van der Waals surface area contributed by atoms with E-state index in [0.29, 0.717) is 32.7 Å². The van der Waals surface area contributed by atoms with E-state index in [1.54, 1.807) is 9.80 Å². The summed E-state index contributed by atoms with van der Waals surface area (Å²) >= 11 is 0. The van der Waals surface area contributed by atoms with Gasteiger partial charge in [-0.2, -0.15) is 0 Å². The first-order valence-electron chi connectivity index (χ1n) is 11.1. The Morgan fingerprint density at radius 1 is 1.16 bits per heavy atom. The fourth-order valence-corrected chi connectivity index (χ4v) is 5.56. The van der Waals surface area contributed by atoms with E-state index in [9.17, 15) is 14.4 Å². The number of piperazine rings is 1. The second-order valence-corrected chi connectivity index (χ2v) is 9.25. The second-order valence-electron chi connectivity index (χ2n) is 9.25. The number of hydrogen-bond donors (Lipinski definition) is 0. The molecule has 0 saturated carbocycles. The third-order valence-electron chi connectivity index (χ3n) is 7.42. The first kappa shape index (κ1) is 20.2. The number of carbonyl (C=O) groups is 3. The lowest BCUT2D eigenvalue weighted by atomic mass is 9.76. The van der Waals surface area contributed by atoms with E-state index in [2.05, 4.69) is 32.0 Å². The first-order valence-corrected chi connectivity index (χ1v) is 11.1. The molecular weight excluding hydrogens is 394 g/mol. The lowest BCUT2D eigenvalue weighted by Gasteiger charge is -2.36. The van der Waals surface area contributed by atoms with Crippen LogP contribution in [0.3, 0.4) is 0 Å². The third kappa shape index (κ3) is 3.09. The molecule has 4 heterocycles. The second kappa shape index (κ2) is 7.19. The Bertz CT molecular complexity index is 989. The third-order valence-corrected chi connectivity index (χ3v) is 7.42. The van der Waals surface area contributed by atoms with Gasteiger partial charge < -0.3 is 19.4 Å². The van der Waals surface area contributed by atoms with Gasteiger partial charge in [0.15, 0.2) is 0 Å². The molecule has 1 aromatic carbocycles. The molecule has 2 bridgehead atoms. The van der Waals surface area contributed by atoms with Crippen LogP contribution in [-0.4, -0.2) is 76.9 Å². The van der Waals surface area contributed by atoms with Gasteiger partial charge in [0, 0.05) is 26.2 Å². The van der Waals surface area contributed by atoms with Crippen LogP contribution in [0.15, 0.2) is 30.4 Å². The molecule has 3 saturated heterocycles. The minimum absolute atomic E-state index is 0.0260. The summed E-state index contributed by atoms with van der Waals surface area (Å²) < 4.78 is 6.24. The summed E-state index contributed by atoms with van der Waals surface area (Å²) in [6.07, 6.45) is 3.52. The van der Waals surface area contributed by atoms with E-state index in [0.717, 1.165) is 5.56 Å². The predicted molar refractivity (Wildman–Crippen MR) is 114 cm³/mol. The monoisotopic (exact) mass is 423 g/mol. The van der Waals surface area contributed by atoms with Gasteiger partial charge in [0.05, 0.1) is 31.0 Å². The first-order chi connectivity index (χ1) is 14.8. The van der Waals surface area contributed by atoms with Gasteiger partial charge in [0.25, 0.3) is 0 Å². The molecule has 31 heavy (non-hydrogen) atoms. The maximum Gasteiger partial charge on any atom is 0.242 e. The Kier molecular flexibility index (Phi) is 4.70. The molecule has 4 aliphatic heterocycles. The van der Waals surface area contributed by atoms with Crippen LogP contribution < -0.4 is 0 Å². The molecule has 7 nitrogen and oxygen atoms in total. The number of likely N-dealkylation sites (tertiary alicyclic amines) is 1. The standard InChI is InChI=1S/C24H29N3O4/c1-4-25-9-10-26(13-19(25)28)22(29)20-18-7-8-24(31-18)14-27(23(30)21(20)24)12-17-6-5-15(2)16(3)11-17/h5-8,11,18,20-21H,4,9-10,12-14H2,1-3H3/t18-,20+,21+,24-/m0/s1. The molecule has 164 valence electrons. The van der Waals surface area contributed by atoms with Crippen LogP contribution >= 0.6 is 0 Å². The lowest BCUT2D eigenvalue weighted by molar-refractivity contribution is -0.150. The van der Waals surface area contributed by atoms with Crippen LogP contribution in [0.25, 0.3) is 0 Å². The smallest absolute Gasteiger partial charge is 0.242 e. The molecule has 7 heteroatoms. The van der Waals surface area contributed by atoms with E-state index in [1.165, 1.54) is 11.1 Å². The Balaban J connectivity index is 1.36. The van der Waals surface area contributed by atoms with Gasteiger partial charge in [-0.1, -0.05) is 30.4 Å². The number of rotatable bonds is 4. The van der Waals surface area contributed by atoms with E-state index in [-0.39, 0.29) is 30.4 Å². The number of nitrogens with zero attached hydrogens (tertiary/aromatic N) is 3. The van der Waals surface area contributed by atoms with Crippen molar-refractivity contribution in [2.24, 2.45) is 11.8 Å².